The minimum absolute atomic E-state index is 0.690. The summed E-state index contributed by atoms with van der Waals surface area (Å²) >= 11 is 0. The van der Waals surface area contributed by atoms with Gasteiger partial charge in [0.2, 0.25) is 0 Å². The van der Waals surface area contributed by atoms with Crippen LogP contribution in [0.1, 0.15) is 93.9 Å². The Labute approximate surface area is 177 Å². The van der Waals surface area contributed by atoms with Crippen LogP contribution in [0.25, 0.3) is 0 Å². The van der Waals surface area contributed by atoms with Gasteiger partial charge in [-0.05, 0) is 88.7 Å². The number of allylic oxidation sites excluding steroid dienone is 6. The maximum Gasteiger partial charge on any atom is 0.155 e. The zero-order valence-corrected chi connectivity index (χ0v) is 20.2. The number of hydrogen-bond acceptors (Lipinski definition) is 0. The van der Waals surface area contributed by atoms with E-state index in [9.17, 15) is 0 Å². The summed E-state index contributed by atoms with van der Waals surface area (Å²) in [6.45, 7) is 19.6. The molecule has 0 aromatic carbocycles. The molecule has 158 valence electrons. The molecule has 2 aliphatic rings. The van der Waals surface area contributed by atoms with Crippen LogP contribution < -0.4 is 0 Å². The molecule has 1 fully saturated rings. The van der Waals surface area contributed by atoms with Gasteiger partial charge < -0.3 is 0 Å². The van der Waals surface area contributed by atoms with Crippen molar-refractivity contribution >= 4 is 6.71 Å². The van der Waals surface area contributed by atoms with Crippen LogP contribution in [0.3, 0.4) is 0 Å². The lowest BCUT2D eigenvalue weighted by atomic mass is 9.28. The third-order valence-electron chi connectivity index (χ3n) is 7.28. The van der Waals surface area contributed by atoms with E-state index in [1.165, 1.54) is 56.0 Å². The standard InChI is InChI=1S/C27H47B/c1-19(2)15-26(21(5)6)28(27(22(7)8)16-20(3)4)14-10-9-11-24-17-23-12-13-25(24)18-23/h15-17,21-23,25-27H,9-14,18H2,1-8H3. The van der Waals surface area contributed by atoms with Crippen LogP contribution in [0, 0.1) is 23.7 Å². The molecule has 0 amide bonds. The van der Waals surface area contributed by atoms with E-state index in [1.807, 2.05) is 5.57 Å². The van der Waals surface area contributed by atoms with Gasteiger partial charge in [-0.2, -0.15) is 0 Å². The molecule has 0 spiro atoms. The number of rotatable bonds is 11. The van der Waals surface area contributed by atoms with Crippen LogP contribution >= 0.6 is 0 Å². The highest BCUT2D eigenvalue weighted by Crippen LogP contribution is 2.45. The minimum atomic E-state index is 0.690. The molecule has 0 radical (unpaired) electrons. The summed E-state index contributed by atoms with van der Waals surface area (Å²) in [6.07, 6.45) is 17.8. The average Bonchev–Trinajstić information content (AvgIpc) is 3.21. The van der Waals surface area contributed by atoms with Crippen LogP contribution in [0.5, 0.6) is 0 Å². The molecule has 0 aliphatic heterocycles. The van der Waals surface area contributed by atoms with Gasteiger partial charge in [0.1, 0.15) is 0 Å². The largest absolute Gasteiger partial charge is 0.155 e. The van der Waals surface area contributed by atoms with Gasteiger partial charge in [0.05, 0.1) is 0 Å². The van der Waals surface area contributed by atoms with Crippen molar-refractivity contribution in [1.82, 2.24) is 0 Å². The third-order valence-corrected chi connectivity index (χ3v) is 7.28. The quantitative estimate of drug-likeness (QED) is 0.190. The molecule has 0 aromatic heterocycles. The van der Waals surface area contributed by atoms with E-state index in [0.717, 1.165) is 18.5 Å². The number of unbranched alkanes of at least 4 members (excludes halogenated alkanes) is 1. The summed E-state index contributed by atoms with van der Waals surface area (Å²) in [5, 5.41) is 0. The van der Waals surface area contributed by atoms with Crippen molar-refractivity contribution in [3.8, 4) is 0 Å². The molecule has 0 heterocycles. The van der Waals surface area contributed by atoms with Gasteiger partial charge in [-0.15, -0.1) is 0 Å². The molecule has 0 N–H and O–H groups in total. The van der Waals surface area contributed by atoms with E-state index < -0.39 is 0 Å². The average molecular weight is 382 g/mol. The van der Waals surface area contributed by atoms with Crippen molar-refractivity contribution in [2.75, 3.05) is 0 Å². The zero-order chi connectivity index (χ0) is 20.8. The molecule has 1 heteroatoms. The van der Waals surface area contributed by atoms with Crippen molar-refractivity contribution in [2.24, 2.45) is 23.7 Å². The lowest BCUT2D eigenvalue weighted by Gasteiger charge is -2.34. The lowest BCUT2D eigenvalue weighted by Crippen LogP contribution is -2.31. The Morgan fingerprint density at radius 2 is 1.50 bits per heavy atom. The second-order valence-electron chi connectivity index (χ2n) is 11.1. The second-order valence-corrected chi connectivity index (χ2v) is 11.1. The normalized spacial score (nSPS) is 23.0. The predicted octanol–water partition coefficient (Wildman–Crippen LogP) is 8.99. The molecule has 2 bridgehead atoms. The Kier molecular flexibility index (Phi) is 9.16. The lowest BCUT2D eigenvalue weighted by molar-refractivity contribution is 0.587. The first kappa shape index (κ1) is 23.6. The van der Waals surface area contributed by atoms with Crippen LogP contribution in [-0.2, 0) is 0 Å². The van der Waals surface area contributed by atoms with Gasteiger partial charge in [0.15, 0.2) is 6.71 Å². The molecule has 0 nitrogen and oxygen atoms in total. The summed E-state index contributed by atoms with van der Waals surface area (Å²) in [5.41, 5.74) is 4.79. The van der Waals surface area contributed by atoms with E-state index in [1.54, 1.807) is 0 Å². The highest BCUT2D eigenvalue weighted by Gasteiger charge is 2.34. The highest BCUT2D eigenvalue weighted by atomic mass is 14.4. The molecule has 4 atom stereocenters. The van der Waals surface area contributed by atoms with Gasteiger partial charge in [-0.1, -0.05) is 81.8 Å². The molecule has 1 saturated carbocycles. The molecule has 2 rings (SSSR count). The number of hydrogen-bond donors (Lipinski definition) is 0. The van der Waals surface area contributed by atoms with Crippen molar-refractivity contribution in [1.29, 1.82) is 0 Å². The molecule has 0 aromatic rings. The number of fused-ring (bicyclic) bond motifs is 2. The van der Waals surface area contributed by atoms with Crippen LogP contribution in [-0.4, -0.2) is 6.71 Å². The minimum Gasteiger partial charge on any atom is -0.0897 e. The Morgan fingerprint density at radius 1 is 0.929 bits per heavy atom. The molecule has 4 unspecified atom stereocenters. The van der Waals surface area contributed by atoms with E-state index in [2.05, 4.69) is 73.6 Å². The zero-order valence-electron chi connectivity index (χ0n) is 20.2. The van der Waals surface area contributed by atoms with E-state index >= 15 is 0 Å². The van der Waals surface area contributed by atoms with Crippen LogP contribution in [0.2, 0.25) is 18.0 Å². The second kappa shape index (κ2) is 10.9. The van der Waals surface area contributed by atoms with E-state index in [0.29, 0.717) is 23.5 Å². The molecular weight excluding hydrogens is 335 g/mol. The summed E-state index contributed by atoms with van der Waals surface area (Å²) in [7, 11) is 0. The summed E-state index contributed by atoms with van der Waals surface area (Å²) in [6, 6.07) is 0. The molecular formula is C27H47B. The SMILES string of the molecule is CC(C)=CC(B(CCCCC1=CC2CCC1C2)C(C=C(C)C)C(C)C)C(C)C. The molecule has 28 heavy (non-hydrogen) atoms. The van der Waals surface area contributed by atoms with Crippen LogP contribution in [0.15, 0.2) is 34.9 Å². The maximum absolute atomic E-state index is 2.64. The maximum atomic E-state index is 2.64. The van der Waals surface area contributed by atoms with Gasteiger partial charge in [0.25, 0.3) is 0 Å². The first-order valence-electron chi connectivity index (χ1n) is 12.2. The third kappa shape index (κ3) is 6.67. The van der Waals surface area contributed by atoms with Crippen molar-refractivity contribution in [3.63, 3.8) is 0 Å². The fraction of sp³-hybridized carbons (Fsp3) is 0.778. The Balaban J connectivity index is 2.06. The summed E-state index contributed by atoms with van der Waals surface area (Å²) < 4.78 is 0. The Morgan fingerprint density at radius 3 is 1.89 bits per heavy atom. The topological polar surface area (TPSA) is 0 Å². The van der Waals surface area contributed by atoms with Gasteiger partial charge in [-0.25, -0.2) is 0 Å². The van der Waals surface area contributed by atoms with E-state index in [-0.39, 0.29) is 0 Å². The van der Waals surface area contributed by atoms with Gasteiger partial charge in [-0.3, -0.25) is 0 Å². The Hall–Kier alpha value is -0.715. The highest BCUT2D eigenvalue weighted by molar-refractivity contribution is 6.63. The molecule has 0 saturated heterocycles. The molecule has 2 aliphatic carbocycles. The smallest absolute Gasteiger partial charge is 0.0897 e. The monoisotopic (exact) mass is 382 g/mol. The van der Waals surface area contributed by atoms with Crippen molar-refractivity contribution < 1.29 is 0 Å². The fourth-order valence-electron chi connectivity index (χ4n) is 5.97. The predicted molar refractivity (Wildman–Crippen MR) is 129 cm³/mol. The first-order chi connectivity index (χ1) is 13.2. The van der Waals surface area contributed by atoms with E-state index in [4.69, 9.17) is 0 Å². The fourth-order valence-corrected chi connectivity index (χ4v) is 5.97. The van der Waals surface area contributed by atoms with Gasteiger partial charge >= 0.3 is 0 Å². The van der Waals surface area contributed by atoms with Crippen molar-refractivity contribution in [3.05, 3.63) is 34.9 Å². The van der Waals surface area contributed by atoms with Crippen LogP contribution in [0.4, 0.5) is 0 Å². The summed E-state index contributed by atoms with van der Waals surface area (Å²) in [4.78, 5) is 0. The van der Waals surface area contributed by atoms with Gasteiger partial charge in [0, 0.05) is 0 Å². The summed E-state index contributed by atoms with van der Waals surface area (Å²) in [5.74, 6) is 4.70. The van der Waals surface area contributed by atoms with Crippen molar-refractivity contribution in [2.45, 2.75) is 112 Å². The Bertz CT molecular complexity index is 539. The first-order valence-corrected chi connectivity index (χ1v) is 12.2.